The molecule has 0 saturated carbocycles. The van der Waals surface area contributed by atoms with E-state index in [1.807, 2.05) is 0 Å². The maximum absolute atomic E-state index is 10.9. The molecule has 44 heavy (non-hydrogen) atoms. The Labute approximate surface area is 249 Å². The van der Waals surface area contributed by atoms with Crippen LogP contribution in [0.1, 0.15) is 6.92 Å². The Hall–Kier alpha value is -0.800. The molecule has 0 amide bonds. The fourth-order valence-electron chi connectivity index (χ4n) is 5.36. The van der Waals surface area contributed by atoms with Crippen molar-refractivity contribution < 1.29 is 99.5 Å². The smallest absolute Gasteiger partial charge is 0.187 e. The molecular formula is C24H42O20. The highest BCUT2D eigenvalue weighted by Gasteiger charge is 2.53. The van der Waals surface area contributed by atoms with Crippen molar-refractivity contribution in [2.45, 2.75) is 130 Å². The van der Waals surface area contributed by atoms with E-state index in [1.54, 1.807) is 0 Å². The van der Waals surface area contributed by atoms with E-state index >= 15 is 0 Å². The van der Waals surface area contributed by atoms with Crippen molar-refractivity contribution in [2.75, 3.05) is 19.8 Å². The monoisotopic (exact) mass is 650 g/mol. The number of aliphatic hydroxyl groups is 13. The second-order valence-electron chi connectivity index (χ2n) is 11.2. The van der Waals surface area contributed by atoms with E-state index < -0.39 is 143 Å². The van der Waals surface area contributed by atoms with Crippen molar-refractivity contribution in [3.63, 3.8) is 0 Å². The van der Waals surface area contributed by atoms with E-state index in [-0.39, 0.29) is 0 Å². The van der Waals surface area contributed by atoms with Crippen LogP contribution in [0.2, 0.25) is 0 Å². The van der Waals surface area contributed by atoms with Gasteiger partial charge in [0.1, 0.15) is 91.6 Å². The van der Waals surface area contributed by atoms with Crippen LogP contribution in [0.25, 0.3) is 0 Å². The molecule has 0 aliphatic carbocycles. The molecule has 0 aromatic heterocycles. The first-order valence-electron chi connectivity index (χ1n) is 14.0. The van der Waals surface area contributed by atoms with E-state index in [2.05, 4.69) is 0 Å². The van der Waals surface area contributed by atoms with Gasteiger partial charge in [-0.15, -0.1) is 0 Å². The zero-order valence-corrected chi connectivity index (χ0v) is 23.3. The first-order valence-corrected chi connectivity index (χ1v) is 14.0. The van der Waals surface area contributed by atoms with Gasteiger partial charge in [-0.3, -0.25) is 0 Å². The lowest BCUT2D eigenvalue weighted by Crippen LogP contribution is -2.66. The molecule has 20 heteroatoms. The van der Waals surface area contributed by atoms with Crippen molar-refractivity contribution in [2.24, 2.45) is 0 Å². The van der Waals surface area contributed by atoms with Crippen LogP contribution in [0, 0.1) is 0 Å². The second kappa shape index (κ2) is 15.0. The summed E-state index contributed by atoms with van der Waals surface area (Å²) in [6.45, 7) is -0.866. The van der Waals surface area contributed by atoms with Crippen LogP contribution < -0.4 is 0 Å². The highest BCUT2D eigenvalue weighted by atomic mass is 16.8. The fraction of sp³-hybridized carbons (Fsp3) is 1.00. The summed E-state index contributed by atoms with van der Waals surface area (Å²) in [5.41, 5.74) is 0. The molecule has 4 aliphatic rings. The molecule has 0 spiro atoms. The van der Waals surface area contributed by atoms with Gasteiger partial charge in [-0.25, -0.2) is 0 Å². The normalized spacial score (nSPS) is 53.9. The molecule has 0 bridgehead atoms. The molecule has 4 rings (SSSR count). The molecule has 0 aromatic carbocycles. The lowest BCUT2D eigenvalue weighted by molar-refractivity contribution is -0.385. The van der Waals surface area contributed by atoms with E-state index in [0.29, 0.717) is 0 Å². The predicted molar refractivity (Wildman–Crippen MR) is 132 cm³/mol. The fourth-order valence-corrected chi connectivity index (χ4v) is 5.36. The van der Waals surface area contributed by atoms with Crippen LogP contribution in [-0.4, -0.2) is 209 Å². The number of hydrogen-bond donors (Lipinski definition) is 13. The first kappa shape index (κ1) is 36.0. The number of aliphatic hydroxyl groups excluding tert-OH is 13. The summed E-state index contributed by atoms with van der Waals surface area (Å²) in [6, 6.07) is 0. The van der Waals surface area contributed by atoms with Crippen molar-refractivity contribution in [3.05, 3.63) is 0 Å². The van der Waals surface area contributed by atoms with Crippen LogP contribution in [0.15, 0.2) is 0 Å². The van der Waals surface area contributed by atoms with Crippen LogP contribution in [-0.2, 0) is 33.2 Å². The van der Waals surface area contributed by atoms with Crippen LogP contribution in [0.3, 0.4) is 0 Å². The maximum Gasteiger partial charge on any atom is 0.187 e. The molecule has 0 radical (unpaired) electrons. The third-order valence-corrected chi connectivity index (χ3v) is 8.15. The second-order valence-corrected chi connectivity index (χ2v) is 11.2. The van der Waals surface area contributed by atoms with Gasteiger partial charge in [-0.2, -0.15) is 0 Å². The zero-order valence-electron chi connectivity index (χ0n) is 23.3. The van der Waals surface area contributed by atoms with Crippen molar-refractivity contribution in [3.8, 4) is 0 Å². The minimum absolute atomic E-state index is 0.604. The summed E-state index contributed by atoms with van der Waals surface area (Å²) in [6.07, 6.45) is -33.6. The van der Waals surface area contributed by atoms with Crippen molar-refractivity contribution in [1.82, 2.24) is 0 Å². The minimum Gasteiger partial charge on any atom is -0.394 e. The molecule has 20 nitrogen and oxygen atoms in total. The van der Waals surface area contributed by atoms with Gasteiger partial charge >= 0.3 is 0 Å². The predicted octanol–water partition coefficient (Wildman–Crippen LogP) is -8.72. The van der Waals surface area contributed by atoms with Gasteiger partial charge < -0.3 is 99.5 Å². The van der Waals surface area contributed by atoms with E-state index in [9.17, 15) is 66.4 Å². The van der Waals surface area contributed by atoms with Gasteiger partial charge in [0.05, 0.1) is 25.9 Å². The van der Waals surface area contributed by atoms with Crippen LogP contribution in [0.4, 0.5) is 0 Å². The van der Waals surface area contributed by atoms with Gasteiger partial charge in [-0.1, -0.05) is 0 Å². The summed E-state index contributed by atoms with van der Waals surface area (Å²) >= 11 is 0. The summed E-state index contributed by atoms with van der Waals surface area (Å²) in [5.74, 6) is 0. The topological polar surface area (TPSA) is 328 Å². The SMILES string of the molecule is C[C@@H]1O[C@@H](OC[C@H]2OC(O)[C@H](O)[C@@H](O)[C@@H]2O)[C@H](O[C@H]2O[C@H](CO)[C@@H](O[C@H]3O[C@H](CO)[C@@H](O)[C@H](O)[C@H]3O)[C@H](O)[C@H]2O)[C@H](O)[C@H]1O. The molecule has 13 N–H and O–H groups in total. The Balaban J connectivity index is 1.45. The molecule has 4 heterocycles. The van der Waals surface area contributed by atoms with Crippen molar-refractivity contribution >= 4 is 0 Å². The number of ether oxygens (including phenoxy) is 7. The molecule has 0 aromatic rings. The minimum atomic E-state index is -1.99. The maximum atomic E-state index is 10.9. The molecular weight excluding hydrogens is 608 g/mol. The molecule has 1 unspecified atom stereocenters. The van der Waals surface area contributed by atoms with Gasteiger partial charge in [0.25, 0.3) is 0 Å². The van der Waals surface area contributed by atoms with E-state index in [4.69, 9.17) is 33.2 Å². The quantitative estimate of drug-likeness (QED) is 0.110. The van der Waals surface area contributed by atoms with Gasteiger partial charge in [-0.05, 0) is 6.92 Å². The molecule has 4 saturated heterocycles. The zero-order chi connectivity index (χ0) is 32.6. The molecule has 4 fully saturated rings. The summed E-state index contributed by atoms with van der Waals surface area (Å²) in [4.78, 5) is 0. The molecule has 258 valence electrons. The third kappa shape index (κ3) is 7.19. The lowest BCUT2D eigenvalue weighted by atomic mass is 9.96. The Morgan fingerprint density at radius 2 is 0.955 bits per heavy atom. The Bertz CT molecular complexity index is 898. The number of hydrogen-bond acceptors (Lipinski definition) is 20. The van der Waals surface area contributed by atoms with Gasteiger partial charge in [0, 0.05) is 0 Å². The summed E-state index contributed by atoms with van der Waals surface area (Å²) in [5, 5.41) is 132. The standard InChI is InChI=1S/C24H42O20/c1-5-9(27)14(32)20(24(39-5)38-4-8-11(29)12(30)16(34)21(37)40-8)44-23-18(36)15(33)19(7(3-26)42-23)43-22-17(35)13(31)10(28)6(2-25)41-22/h5-37H,2-4H2,1H3/t5-,6+,7+,8+,9-,10+,11+,12-,13-,14+,15+,16+,17+,18+,19+,20+,21?,22+,23+,24+/m0/s1. The Morgan fingerprint density at radius 1 is 0.455 bits per heavy atom. The third-order valence-electron chi connectivity index (χ3n) is 8.15. The summed E-state index contributed by atoms with van der Waals surface area (Å²) in [7, 11) is 0. The Kier molecular flexibility index (Phi) is 12.3. The van der Waals surface area contributed by atoms with Gasteiger partial charge in [0.15, 0.2) is 25.2 Å². The van der Waals surface area contributed by atoms with Crippen LogP contribution in [0.5, 0.6) is 0 Å². The average molecular weight is 651 g/mol. The largest absolute Gasteiger partial charge is 0.394 e. The van der Waals surface area contributed by atoms with Crippen molar-refractivity contribution in [1.29, 1.82) is 0 Å². The highest BCUT2D eigenvalue weighted by molar-refractivity contribution is 4.96. The highest BCUT2D eigenvalue weighted by Crippen LogP contribution is 2.33. The molecule has 4 aliphatic heterocycles. The summed E-state index contributed by atoms with van der Waals surface area (Å²) < 4.78 is 38.1. The first-order chi connectivity index (χ1) is 20.7. The van der Waals surface area contributed by atoms with E-state index in [1.165, 1.54) is 6.92 Å². The number of rotatable bonds is 9. The van der Waals surface area contributed by atoms with E-state index in [0.717, 1.165) is 0 Å². The lowest BCUT2D eigenvalue weighted by Gasteiger charge is -2.48. The molecule has 20 atom stereocenters. The van der Waals surface area contributed by atoms with Crippen LogP contribution >= 0.6 is 0 Å². The van der Waals surface area contributed by atoms with Gasteiger partial charge in [0.2, 0.25) is 0 Å². The average Bonchev–Trinajstić information content (AvgIpc) is 3.00. The Morgan fingerprint density at radius 3 is 1.57 bits per heavy atom.